The molecule has 0 fully saturated rings. The first-order valence-electron chi connectivity index (χ1n) is 9.42. The highest BCUT2D eigenvalue weighted by Gasteiger charge is 2.30. The Morgan fingerprint density at radius 1 is 0.536 bits per heavy atom. The number of fused-ring (bicyclic) bond motifs is 10. The van der Waals surface area contributed by atoms with Crippen LogP contribution in [0.25, 0.3) is 54.7 Å². The average molecular weight is 358 g/mol. The summed E-state index contributed by atoms with van der Waals surface area (Å²) in [6.07, 6.45) is 0. The van der Waals surface area contributed by atoms with E-state index in [-0.39, 0.29) is 5.78 Å². The van der Waals surface area contributed by atoms with Gasteiger partial charge in [-0.1, -0.05) is 42.5 Å². The number of aromatic nitrogens is 2. The van der Waals surface area contributed by atoms with Crippen LogP contribution in [0.2, 0.25) is 0 Å². The molecule has 7 rings (SSSR count). The van der Waals surface area contributed by atoms with E-state index in [1.807, 2.05) is 24.3 Å². The Bertz CT molecular complexity index is 1630. The van der Waals surface area contributed by atoms with Gasteiger partial charge in [0.25, 0.3) is 0 Å². The van der Waals surface area contributed by atoms with Gasteiger partial charge in [0.2, 0.25) is 0 Å². The highest BCUT2D eigenvalue weighted by atomic mass is 16.1. The van der Waals surface area contributed by atoms with Gasteiger partial charge in [-0.2, -0.15) is 0 Å². The van der Waals surface area contributed by atoms with Gasteiger partial charge in [0.15, 0.2) is 5.78 Å². The molecule has 0 bridgehead atoms. The number of benzene rings is 4. The lowest BCUT2D eigenvalue weighted by atomic mass is 10.00. The van der Waals surface area contributed by atoms with Gasteiger partial charge < -0.3 is 9.97 Å². The van der Waals surface area contributed by atoms with Crippen molar-refractivity contribution in [2.45, 2.75) is 0 Å². The van der Waals surface area contributed by atoms with Crippen LogP contribution in [0, 0.1) is 0 Å². The van der Waals surface area contributed by atoms with Crippen LogP contribution in [0.4, 0.5) is 0 Å². The zero-order valence-corrected chi connectivity index (χ0v) is 14.8. The van der Waals surface area contributed by atoms with Crippen molar-refractivity contribution in [3.63, 3.8) is 0 Å². The molecule has 28 heavy (non-hydrogen) atoms. The Balaban J connectivity index is 1.66. The molecule has 0 aliphatic heterocycles. The summed E-state index contributed by atoms with van der Waals surface area (Å²) in [5.74, 6) is 0.103. The number of hydrogen-bond acceptors (Lipinski definition) is 1. The molecule has 0 unspecified atom stereocenters. The Labute approximate surface area is 159 Å². The molecule has 0 saturated heterocycles. The molecule has 3 nitrogen and oxygen atoms in total. The molecule has 0 spiro atoms. The third-order valence-electron chi connectivity index (χ3n) is 6.09. The van der Waals surface area contributed by atoms with E-state index in [4.69, 9.17) is 0 Å². The van der Waals surface area contributed by atoms with Crippen LogP contribution < -0.4 is 0 Å². The monoisotopic (exact) mass is 358 g/mol. The van der Waals surface area contributed by atoms with Crippen molar-refractivity contribution in [2.24, 2.45) is 0 Å². The molecule has 3 heteroatoms. The second kappa shape index (κ2) is 4.70. The molecule has 0 radical (unpaired) electrons. The number of ketones is 1. The van der Waals surface area contributed by atoms with Gasteiger partial charge in [-0.05, 0) is 35.9 Å². The fourth-order valence-corrected chi connectivity index (χ4v) is 4.83. The summed E-state index contributed by atoms with van der Waals surface area (Å²) in [7, 11) is 0. The van der Waals surface area contributed by atoms with E-state index in [0.29, 0.717) is 0 Å². The molecule has 130 valence electrons. The normalized spacial score (nSPS) is 13.1. The first kappa shape index (κ1) is 14.2. The van der Waals surface area contributed by atoms with E-state index in [2.05, 4.69) is 58.5 Å². The summed E-state index contributed by atoms with van der Waals surface area (Å²) in [4.78, 5) is 20.2. The molecule has 2 aromatic heterocycles. The predicted octanol–water partition coefficient (Wildman–Crippen LogP) is 6.17. The Morgan fingerprint density at radius 3 is 2.07 bits per heavy atom. The molecular weight excluding hydrogens is 344 g/mol. The topological polar surface area (TPSA) is 48.6 Å². The van der Waals surface area contributed by atoms with Crippen molar-refractivity contribution in [1.82, 2.24) is 9.97 Å². The van der Waals surface area contributed by atoms with E-state index in [9.17, 15) is 4.79 Å². The van der Waals surface area contributed by atoms with Crippen LogP contribution in [-0.2, 0) is 0 Å². The van der Waals surface area contributed by atoms with Crippen LogP contribution in [0.3, 0.4) is 0 Å². The molecule has 4 aromatic carbocycles. The molecule has 1 aliphatic carbocycles. The maximum absolute atomic E-state index is 13.2. The fraction of sp³-hybridized carbons (Fsp3) is 0. The summed E-state index contributed by atoms with van der Waals surface area (Å²) in [6, 6.07) is 24.8. The van der Waals surface area contributed by atoms with Gasteiger partial charge in [0.05, 0.1) is 5.52 Å². The maximum atomic E-state index is 13.2. The Morgan fingerprint density at radius 2 is 1.25 bits per heavy atom. The molecule has 6 aromatic rings. The summed E-state index contributed by atoms with van der Waals surface area (Å²) >= 11 is 0. The van der Waals surface area contributed by atoms with Crippen LogP contribution in [-0.4, -0.2) is 15.8 Å². The van der Waals surface area contributed by atoms with Crippen molar-refractivity contribution in [1.29, 1.82) is 0 Å². The first-order chi connectivity index (χ1) is 13.8. The van der Waals surface area contributed by atoms with E-state index in [1.165, 1.54) is 10.8 Å². The molecule has 0 amide bonds. The van der Waals surface area contributed by atoms with E-state index in [1.54, 1.807) is 0 Å². The number of rotatable bonds is 0. The third-order valence-corrected chi connectivity index (χ3v) is 6.09. The number of carbonyl (C=O) groups excluding carboxylic acids is 1. The third kappa shape index (κ3) is 1.58. The molecular formula is C25H14N2O. The van der Waals surface area contributed by atoms with E-state index >= 15 is 0 Å². The molecule has 0 saturated carbocycles. The Hall–Kier alpha value is -3.85. The van der Waals surface area contributed by atoms with Gasteiger partial charge in [0.1, 0.15) is 0 Å². The quantitative estimate of drug-likeness (QED) is 0.335. The molecule has 2 heterocycles. The maximum Gasteiger partial charge on any atom is 0.194 e. The van der Waals surface area contributed by atoms with Crippen LogP contribution in [0.5, 0.6) is 0 Å². The Kier molecular flexibility index (Phi) is 2.39. The van der Waals surface area contributed by atoms with Gasteiger partial charge in [0, 0.05) is 54.8 Å². The summed E-state index contributed by atoms with van der Waals surface area (Å²) < 4.78 is 0. The number of hydrogen-bond donors (Lipinski definition) is 2. The number of para-hydroxylation sites is 2. The van der Waals surface area contributed by atoms with Crippen molar-refractivity contribution in [3.05, 3.63) is 83.9 Å². The average Bonchev–Trinajstić information content (AvgIpc) is 3.37. The highest BCUT2D eigenvalue weighted by Crippen LogP contribution is 2.45. The van der Waals surface area contributed by atoms with Crippen molar-refractivity contribution >= 4 is 49.4 Å². The van der Waals surface area contributed by atoms with Gasteiger partial charge in [-0.3, -0.25) is 4.79 Å². The molecule has 1 aliphatic rings. The minimum absolute atomic E-state index is 0.103. The lowest BCUT2D eigenvalue weighted by Crippen LogP contribution is -1.94. The van der Waals surface area contributed by atoms with Crippen LogP contribution in [0.15, 0.2) is 72.8 Å². The fourth-order valence-electron chi connectivity index (χ4n) is 4.83. The number of H-pyrrole nitrogens is 2. The van der Waals surface area contributed by atoms with Gasteiger partial charge in [-0.15, -0.1) is 0 Å². The minimum Gasteiger partial charge on any atom is -0.354 e. The smallest absolute Gasteiger partial charge is 0.194 e. The van der Waals surface area contributed by atoms with E-state index < -0.39 is 0 Å². The summed E-state index contributed by atoms with van der Waals surface area (Å²) in [6.45, 7) is 0. The zero-order chi connectivity index (χ0) is 18.4. The van der Waals surface area contributed by atoms with E-state index in [0.717, 1.165) is 55.1 Å². The van der Waals surface area contributed by atoms with Gasteiger partial charge in [-0.25, -0.2) is 0 Å². The second-order valence-electron chi connectivity index (χ2n) is 7.52. The zero-order valence-electron chi connectivity index (χ0n) is 14.8. The summed E-state index contributed by atoms with van der Waals surface area (Å²) in [5.41, 5.74) is 7.86. The number of aromatic amines is 2. The second-order valence-corrected chi connectivity index (χ2v) is 7.52. The number of nitrogens with one attached hydrogen (secondary N) is 2. The molecule has 0 atom stereocenters. The van der Waals surface area contributed by atoms with Crippen LogP contribution >= 0.6 is 0 Å². The summed E-state index contributed by atoms with van der Waals surface area (Å²) in [5, 5.41) is 4.69. The largest absolute Gasteiger partial charge is 0.354 e. The van der Waals surface area contributed by atoms with Crippen molar-refractivity contribution in [2.75, 3.05) is 0 Å². The lowest BCUT2D eigenvalue weighted by molar-refractivity contribution is 0.104. The number of carbonyl (C=O) groups is 1. The van der Waals surface area contributed by atoms with Gasteiger partial charge >= 0.3 is 0 Å². The lowest BCUT2D eigenvalue weighted by Gasteiger charge is -2.03. The van der Waals surface area contributed by atoms with Crippen molar-refractivity contribution < 1.29 is 4.79 Å². The SMILES string of the molecule is O=C1c2cc3[nH]c4ccccc4c3cc2-c2c1ccc1c2[nH]c2ccccc21. The standard InChI is InChI=1S/C25H14N2O/c28-25-16-10-9-15-13-5-1-4-8-21(13)27-24(15)23(16)18-11-17-14-6-2-3-7-20(14)26-22(17)12-19(18)25/h1-12,26-27H. The minimum atomic E-state index is 0.103. The predicted molar refractivity (Wildman–Crippen MR) is 114 cm³/mol. The molecule has 2 N–H and O–H groups in total. The highest BCUT2D eigenvalue weighted by molar-refractivity contribution is 6.29. The van der Waals surface area contributed by atoms with Crippen LogP contribution in [0.1, 0.15) is 15.9 Å². The first-order valence-corrected chi connectivity index (χ1v) is 9.42. The van der Waals surface area contributed by atoms with Crippen molar-refractivity contribution in [3.8, 4) is 11.1 Å².